The summed E-state index contributed by atoms with van der Waals surface area (Å²) in [4.78, 5) is 11.7. The van der Waals surface area contributed by atoms with Crippen LogP contribution in [-0.2, 0) is 9.53 Å². The summed E-state index contributed by atoms with van der Waals surface area (Å²) in [6, 6.07) is 0. The van der Waals surface area contributed by atoms with E-state index in [9.17, 15) is 4.79 Å². The van der Waals surface area contributed by atoms with Gasteiger partial charge in [0.25, 0.3) is 0 Å². The Morgan fingerprint density at radius 3 is 2.76 bits per heavy atom. The van der Waals surface area contributed by atoms with E-state index in [1.54, 1.807) is 0 Å². The molecule has 4 heteroatoms. The molecule has 1 heterocycles. The highest BCUT2D eigenvalue weighted by Gasteiger charge is 2.21. The highest BCUT2D eigenvalue weighted by Crippen LogP contribution is 2.19. The Morgan fingerprint density at radius 1 is 1.24 bits per heavy atom. The molecule has 4 nitrogen and oxygen atoms in total. The van der Waals surface area contributed by atoms with Crippen LogP contribution in [0.2, 0.25) is 0 Å². The van der Waals surface area contributed by atoms with E-state index in [0.717, 1.165) is 19.5 Å². The minimum atomic E-state index is 0.171. The molecule has 1 atom stereocenters. The summed E-state index contributed by atoms with van der Waals surface area (Å²) in [5, 5.41) is 6.16. The largest absolute Gasteiger partial charge is 0.376 e. The van der Waals surface area contributed by atoms with Crippen LogP contribution in [0.4, 0.5) is 0 Å². The van der Waals surface area contributed by atoms with Crippen molar-refractivity contribution in [2.24, 2.45) is 5.92 Å². The fourth-order valence-corrected chi connectivity index (χ4v) is 2.65. The van der Waals surface area contributed by atoms with Crippen molar-refractivity contribution in [1.82, 2.24) is 10.6 Å². The summed E-state index contributed by atoms with van der Waals surface area (Å²) in [5.41, 5.74) is 0. The molecule has 1 aliphatic heterocycles. The summed E-state index contributed by atoms with van der Waals surface area (Å²) in [7, 11) is 0. The second-order valence-electron chi connectivity index (χ2n) is 5.11. The van der Waals surface area contributed by atoms with E-state index in [0.29, 0.717) is 19.3 Å². The molecular formula is C13H24N2O2. The van der Waals surface area contributed by atoms with Crippen LogP contribution in [0.3, 0.4) is 0 Å². The van der Waals surface area contributed by atoms with E-state index in [-0.39, 0.29) is 11.8 Å². The quantitative estimate of drug-likeness (QED) is 0.707. The van der Waals surface area contributed by atoms with E-state index in [2.05, 4.69) is 10.6 Å². The Bertz CT molecular complexity index is 234. The molecule has 2 rings (SSSR count). The molecular weight excluding hydrogens is 216 g/mol. The molecule has 0 aromatic rings. The van der Waals surface area contributed by atoms with E-state index in [4.69, 9.17) is 4.74 Å². The van der Waals surface area contributed by atoms with Crippen molar-refractivity contribution >= 4 is 5.91 Å². The van der Waals surface area contributed by atoms with Gasteiger partial charge in [0.15, 0.2) is 0 Å². The Hall–Kier alpha value is -0.610. The molecule has 0 aromatic heterocycles. The minimum absolute atomic E-state index is 0.171. The molecule has 0 bridgehead atoms. The van der Waals surface area contributed by atoms with Crippen molar-refractivity contribution in [1.29, 1.82) is 0 Å². The first-order valence-electron chi connectivity index (χ1n) is 6.96. The van der Waals surface area contributed by atoms with Crippen LogP contribution in [0.1, 0.15) is 38.5 Å². The molecule has 98 valence electrons. The first-order valence-corrected chi connectivity index (χ1v) is 6.96. The smallest absolute Gasteiger partial charge is 0.224 e. The zero-order chi connectivity index (χ0) is 11.9. The van der Waals surface area contributed by atoms with Gasteiger partial charge in [0.2, 0.25) is 5.91 Å². The third kappa shape index (κ3) is 4.28. The van der Waals surface area contributed by atoms with Gasteiger partial charge in [-0.25, -0.2) is 0 Å². The zero-order valence-corrected chi connectivity index (χ0v) is 10.5. The lowest BCUT2D eigenvalue weighted by Crippen LogP contribution is -2.35. The maximum atomic E-state index is 11.7. The van der Waals surface area contributed by atoms with Crippen LogP contribution in [-0.4, -0.2) is 38.3 Å². The summed E-state index contributed by atoms with van der Waals surface area (Å²) in [5.74, 6) is 0.354. The van der Waals surface area contributed by atoms with Crippen LogP contribution in [0.15, 0.2) is 0 Å². The average Bonchev–Trinajstić information content (AvgIpc) is 2.89. The second kappa shape index (κ2) is 6.97. The predicted octanol–water partition coefficient (Wildman–Crippen LogP) is 1.06. The van der Waals surface area contributed by atoms with E-state index < -0.39 is 0 Å². The first-order chi connectivity index (χ1) is 8.36. The van der Waals surface area contributed by atoms with Gasteiger partial charge in [0.1, 0.15) is 0 Å². The van der Waals surface area contributed by atoms with Gasteiger partial charge in [-0.05, 0) is 25.8 Å². The van der Waals surface area contributed by atoms with E-state index in [1.807, 2.05) is 0 Å². The Balaban J connectivity index is 1.51. The van der Waals surface area contributed by atoms with Gasteiger partial charge in [-0.3, -0.25) is 4.79 Å². The van der Waals surface area contributed by atoms with Gasteiger partial charge in [0, 0.05) is 13.1 Å². The molecule has 1 unspecified atom stereocenters. The number of rotatable bonds is 5. The Kier molecular flexibility index (Phi) is 5.26. The molecule has 0 radical (unpaired) electrons. The molecule has 2 fully saturated rings. The number of amides is 1. The maximum absolute atomic E-state index is 11.7. The van der Waals surface area contributed by atoms with Crippen LogP contribution >= 0.6 is 0 Å². The molecule has 0 spiro atoms. The van der Waals surface area contributed by atoms with Gasteiger partial charge in [-0.1, -0.05) is 19.3 Å². The minimum Gasteiger partial charge on any atom is -0.376 e. The van der Waals surface area contributed by atoms with Crippen molar-refractivity contribution in [2.75, 3.05) is 26.2 Å². The highest BCUT2D eigenvalue weighted by atomic mass is 16.5. The van der Waals surface area contributed by atoms with Crippen molar-refractivity contribution < 1.29 is 9.53 Å². The third-order valence-electron chi connectivity index (χ3n) is 3.74. The van der Waals surface area contributed by atoms with Crippen molar-refractivity contribution in [3.05, 3.63) is 0 Å². The summed E-state index contributed by atoms with van der Waals surface area (Å²) in [6.07, 6.45) is 7.74. The Morgan fingerprint density at radius 2 is 2.06 bits per heavy atom. The number of carbonyl (C=O) groups is 1. The van der Waals surface area contributed by atoms with Crippen molar-refractivity contribution in [3.8, 4) is 0 Å². The molecule has 1 saturated heterocycles. The third-order valence-corrected chi connectivity index (χ3v) is 3.74. The molecule has 1 aliphatic carbocycles. The van der Waals surface area contributed by atoms with Crippen LogP contribution in [0, 0.1) is 5.92 Å². The van der Waals surface area contributed by atoms with E-state index in [1.165, 1.54) is 32.1 Å². The predicted molar refractivity (Wildman–Crippen MR) is 66.8 cm³/mol. The van der Waals surface area contributed by atoms with Crippen molar-refractivity contribution in [3.63, 3.8) is 0 Å². The lowest BCUT2D eigenvalue weighted by molar-refractivity contribution is -0.124. The van der Waals surface area contributed by atoms with Gasteiger partial charge < -0.3 is 15.4 Å². The van der Waals surface area contributed by atoms with Crippen LogP contribution in [0.5, 0.6) is 0 Å². The first kappa shape index (κ1) is 12.8. The number of carbonyl (C=O) groups excluding carboxylic acids is 1. The molecule has 0 aromatic carbocycles. The Labute approximate surface area is 103 Å². The summed E-state index contributed by atoms with van der Waals surface area (Å²) < 4.78 is 5.77. The topological polar surface area (TPSA) is 50.4 Å². The lowest BCUT2D eigenvalue weighted by atomic mass is 9.98. The second-order valence-corrected chi connectivity index (χ2v) is 5.11. The molecule has 1 saturated carbocycles. The number of nitrogens with one attached hydrogen (secondary N) is 2. The van der Waals surface area contributed by atoms with Crippen molar-refractivity contribution in [2.45, 2.75) is 44.6 Å². The molecule has 2 aliphatic rings. The highest BCUT2D eigenvalue weighted by molar-refractivity contribution is 5.79. The SMILES string of the molecule is O=C(NCCOC1CCCCC1)C1CCNC1. The van der Waals surface area contributed by atoms with Crippen LogP contribution in [0.25, 0.3) is 0 Å². The fraction of sp³-hybridized carbons (Fsp3) is 0.923. The lowest BCUT2D eigenvalue weighted by Gasteiger charge is -2.22. The molecule has 17 heavy (non-hydrogen) atoms. The fourth-order valence-electron chi connectivity index (χ4n) is 2.65. The molecule has 2 N–H and O–H groups in total. The monoisotopic (exact) mass is 240 g/mol. The summed E-state index contributed by atoms with van der Waals surface area (Å²) >= 11 is 0. The van der Waals surface area contributed by atoms with E-state index >= 15 is 0 Å². The number of hydrogen-bond acceptors (Lipinski definition) is 3. The number of ether oxygens (including phenoxy) is 1. The van der Waals surface area contributed by atoms with Gasteiger partial charge >= 0.3 is 0 Å². The standard InChI is InChI=1S/C13H24N2O2/c16-13(11-6-7-14-10-11)15-8-9-17-12-4-2-1-3-5-12/h11-12,14H,1-10H2,(H,15,16). The molecule has 1 amide bonds. The normalized spacial score (nSPS) is 26.0. The van der Waals surface area contributed by atoms with Gasteiger partial charge in [0.05, 0.1) is 18.6 Å². The van der Waals surface area contributed by atoms with Gasteiger partial charge in [-0.2, -0.15) is 0 Å². The average molecular weight is 240 g/mol. The number of hydrogen-bond donors (Lipinski definition) is 2. The van der Waals surface area contributed by atoms with Gasteiger partial charge in [-0.15, -0.1) is 0 Å². The van der Waals surface area contributed by atoms with Crippen LogP contribution < -0.4 is 10.6 Å². The maximum Gasteiger partial charge on any atom is 0.224 e. The summed E-state index contributed by atoms with van der Waals surface area (Å²) in [6.45, 7) is 3.12. The zero-order valence-electron chi connectivity index (χ0n) is 10.5.